The van der Waals surface area contributed by atoms with Crippen LogP contribution in [-0.4, -0.2) is 66.5 Å². The van der Waals surface area contributed by atoms with E-state index in [0.29, 0.717) is 22.6 Å². The number of rotatable bonds is 37. The molecule has 1 heterocycles. The van der Waals surface area contributed by atoms with Crippen molar-refractivity contribution in [2.75, 3.05) is 11.5 Å². The Morgan fingerprint density at radius 3 is 1.09 bits per heavy atom. The van der Waals surface area contributed by atoms with Crippen molar-refractivity contribution in [3.05, 3.63) is 0 Å². The zero-order chi connectivity index (χ0) is 39.4. The molecule has 0 bridgehead atoms. The van der Waals surface area contributed by atoms with Crippen LogP contribution in [0.25, 0.3) is 0 Å². The van der Waals surface area contributed by atoms with Gasteiger partial charge in [-0.1, -0.05) is 13.8 Å². The average Bonchev–Trinajstić information content (AvgIpc) is 3.57. The Kier molecular flexibility index (Phi) is 30.7. The SMILES string of the molecule is CCCCCCCCCCS(=O)(=O)c1[c]([SnH]([CH2]CCC)[CH2]CCC)s[c]([Sn]([CH2]CCC)([CH2]CCC)[CH2]CCC)c1S(=O)(=O)CCCCCCCCCC. The van der Waals surface area contributed by atoms with Gasteiger partial charge >= 0.3 is 337 Å². The van der Waals surface area contributed by atoms with Gasteiger partial charge in [-0.25, -0.2) is 0 Å². The molecular weight excluding hydrogens is 926 g/mol. The van der Waals surface area contributed by atoms with Crippen molar-refractivity contribution < 1.29 is 16.8 Å². The third-order valence-corrected chi connectivity index (χ3v) is 48.7. The van der Waals surface area contributed by atoms with E-state index in [1.165, 1.54) is 83.3 Å². The van der Waals surface area contributed by atoms with Gasteiger partial charge < -0.3 is 0 Å². The molecule has 0 aliphatic rings. The van der Waals surface area contributed by atoms with Gasteiger partial charge in [-0.3, -0.25) is 0 Å². The average molecular weight is 1010 g/mol. The minimum Gasteiger partial charge on any atom is -0.0654 e. The maximum absolute atomic E-state index is 15.1. The summed E-state index contributed by atoms with van der Waals surface area (Å²) in [7, 11) is -7.48. The number of unbranched alkanes of at least 4 members (excludes halogenated alkanes) is 19. The van der Waals surface area contributed by atoms with Crippen molar-refractivity contribution in [3.8, 4) is 0 Å². The second-order valence-electron chi connectivity index (χ2n) is 16.6. The van der Waals surface area contributed by atoms with E-state index in [9.17, 15) is 0 Å². The molecule has 0 aliphatic carbocycles. The van der Waals surface area contributed by atoms with Crippen molar-refractivity contribution >= 4 is 74.9 Å². The third-order valence-electron chi connectivity index (χ3n) is 11.7. The van der Waals surface area contributed by atoms with E-state index in [1.807, 2.05) is 11.3 Å². The first-order chi connectivity index (χ1) is 25.5. The molecule has 0 N–H and O–H groups in total. The van der Waals surface area contributed by atoms with E-state index < -0.39 is 57.8 Å². The molecule has 0 fully saturated rings. The fourth-order valence-electron chi connectivity index (χ4n) is 8.24. The van der Waals surface area contributed by atoms with E-state index >= 15 is 16.8 Å². The molecule has 1 aromatic heterocycles. The van der Waals surface area contributed by atoms with Gasteiger partial charge in [0.2, 0.25) is 0 Å². The van der Waals surface area contributed by atoms with Gasteiger partial charge in [-0.2, -0.15) is 0 Å². The topological polar surface area (TPSA) is 68.3 Å². The minimum absolute atomic E-state index is 0.118. The molecule has 314 valence electrons. The summed E-state index contributed by atoms with van der Waals surface area (Å²) in [6.45, 7) is 15.8. The van der Waals surface area contributed by atoms with Crippen LogP contribution >= 0.6 is 11.3 Å². The molecule has 1 aromatic rings. The van der Waals surface area contributed by atoms with E-state index in [2.05, 4.69) is 48.5 Å². The number of hydrogen-bond acceptors (Lipinski definition) is 5. The molecule has 0 atom stereocenters. The van der Waals surface area contributed by atoms with Gasteiger partial charge in [0, 0.05) is 0 Å². The van der Waals surface area contributed by atoms with Crippen LogP contribution in [0.1, 0.15) is 215 Å². The van der Waals surface area contributed by atoms with Crippen LogP contribution in [0.15, 0.2) is 9.79 Å². The predicted octanol–water partition coefficient (Wildman–Crippen LogP) is 13.7. The first-order valence-electron chi connectivity index (χ1n) is 23.2. The zero-order valence-corrected chi connectivity index (χ0v) is 44.9. The summed E-state index contributed by atoms with van der Waals surface area (Å²) in [4.78, 5) is 0.840. The third kappa shape index (κ3) is 19.7. The van der Waals surface area contributed by atoms with Crippen LogP contribution < -0.4 is 5.79 Å². The summed E-state index contributed by atoms with van der Waals surface area (Å²) in [6, 6.07) is 0. The fourth-order valence-corrected chi connectivity index (χ4v) is 55.4. The van der Waals surface area contributed by atoms with Crippen LogP contribution in [0.2, 0.25) is 22.2 Å². The van der Waals surface area contributed by atoms with Gasteiger partial charge in [0.05, 0.1) is 0 Å². The van der Waals surface area contributed by atoms with Crippen molar-refractivity contribution in [1.82, 2.24) is 0 Å². The van der Waals surface area contributed by atoms with Crippen LogP contribution in [0, 0.1) is 0 Å². The van der Waals surface area contributed by atoms with E-state index in [1.54, 1.807) is 0 Å². The molecule has 53 heavy (non-hydrogen) atoms. The monoisotopic (exact) mass is 1020 g/mol. The molecule has 0 unspecified atom stereocenters. The second-order valence-corrected chi connectivity index (χ2v) is 45.9. The smallest absolute Gasteiger partial charge is 0.0654 e. The van der Waals surface area contributed by atoms with Gasteiger partial charge in [0.1, 0.15) is 0 Å². The van der Waals surface area contributed by atoms with Crippen molar-refractivity contribution in [3.63, 3.8) is 0 Å². The van der Waals surface area contributed by atoms with Gasteiger partial charge in [0.25, 0.3) is 0 Å². The van der Waals surface area contributed by atoms with E-state index in [-0.39, 0.29) is 11.5 Å². The Labute approximate surface area is 347 Å². The summed E-state index contributed by atoms with van der Waals surface area (Å²) >= 11 is -4.16. The van der Waals surface area contributed by atoms with Crippen LogP contribution in [0.3, 0.4) is 0 Å². The van der Waals surface area contributed by atoms with Crippen LogP contribution in [0.5, 0.6) is 0 Å². The molecule has 4 nitrogen and oxygen atoms in total. The quantitative estimate of drug-likeness (QED) is 0.0492. The number of thiophene rings is 1. The molecule has 1 rings (SSSR count). The first-order valence-corrected chi connectivity index (χ1v) is 41.1. The summed E-state index contributed by atoms with van der Waals surface area (Å²) < 4.78 is 68.5. The summed E-state index contributed by atoms with van der Waals surface area (Å²) in [5.74, 6) is 0.236. The predicted molar refractivity (Wildman–Crippen MR) is 244 cm³/mol. The molecule has 0 aliphatic heterocycles. The Balaban J connectivity index is 3.96. The minimum atomic E-state index is -3.75. The Morgan fingerprint density at radius 2 is 0.736 bits per heavy atom. The summed E-state index contributed by atoms with van der Waals surface area (Å²) in [5.41, 5.74) is 0. The molecule has 0 aromatic carbocycles. The van der Waals surface area contributed by atoms with Crippen molar-refractivity contribution in [2.45, 2.75) is 247 Å². The van der Waals surface area contributed by atoms with Gasteiger partial charge in [-0.05, 0) is 0 Å². The normalized spacial score (nSPS) is 12.8. The van der Waals surface area contributed by atoms with E-state index in [0.717, 1.165) is 98.8 Å². The zero-order valence-electron chi connectivity index (χ0n) is 36.3. The van der Waals surface area contributed by atoms with Gasteiger partial charge in [-0.15, -0.1) is 0 Å². The summed E-state index contributed by atoms with van der Waals surface area (Å²) in [6.07, 6.45) is 29.0. The second kappa shape index (κ2) is 31.2. The van der Waals surface area contributed by atoms with Gasteiger partial charge in [0.15, 0.2) is 0 Å². The van der Waals surface area contributed by atoms with Crippen LogP contribution in [0.4, 0.5) is 0 Å². The van der Waals surface area contributed by atoms with Crippen molar-refractivity contribution in [1.29, 1.82) is 0 Å². The first kappa shape index (κ1) is 52.2. The molecule has 0 amide bonds. The van der Waals surface area contributed by atoms with Crippen LogP contribution in [-0.2, 0) is 19.7 Å². The maximum atomic E-state index is 15.1. The Morgan fingerprint density at radius 1 is 0.415 bits per heavy atom. The molecular formula is C44H88O4S3Sn2. The molecule has 9 heteroatoms. The van der Waals surface area contributed by atoms with E-state index in [4.69, 9.17) is 0 Å². The van der Waals surface area contributed by atoms with Crippen molar-refractivity contribution in [2.24, 2.45) is 0 Å². The standard InChI is InChI=1S/C24H42O4S3.5C4H9.2Sn.H/c1-3-5-7-9-11-13-15-17-19-30(25,26)23-21-29-22-24(23)31(27,28)20-18-16-14-12-10-8-6-4-2;5*1-3-4-2;;;/h3-20H2,1-2H3;5*1,3-4H2,2H3;;;. The molecule has 0 saturated heterocycles. The number of sulfone groups is 2. The number of hydrogen-bond donors (Lipinski definition) is 0. The Hall–Kier alpha value is 1.20. The molecule has 0 saturated carbocycles. The summed E-state index contributed by atoms with van der Waals surface area (Å²) in [5, 5.41) is 0. The Bertz CT molecular complexity index is 1230. The molecule has 0 spiro atoms. The molecule has 0 radical (unpaired) electrons. The fraction of sp³-hybridized carbons (Fsp3) is 0.909.